The number of hydrazine groups is 1. The second kappa shape index (κ2) is 3.67. The third-order valence-electron chi connectivity index (χ3n) is 2.94. The van der Waals surface area contributed by atoms with E-state index in [-0.39, 0.29) is 5.91 Å². The Hall–Kier alpha value is -1.77. The Kier molecular flexibility index (Phi) is 2.46. The van der Waals surface area contributed by atoms with Gasteiger partial charge in [-0.15, -0.1) is 0 Å². The summed E-state index contributed by atoms with van der Waals surface area (Å²) in [6, 6.07) is 8.21. The van der Waals surface area contributed by atoms with Crippen LogP contribution in [0, 0.1) is 12.3 Å². The van der Waals surface area contributed by atoms with E-state index in [0.717, 1.165) is 11.3 Å². The molecule has 0 radical (unpaired) electrons. The van der Waals surface area contributed by atoms with Crippen molar-refractivity contribution in [1.29, 1.82) is 0 Å². The lowest BCUT2D eigenvalue weighted by molar-refractivity contribution is -0.125. The van der Waals surface area contributed by atoms with Gasteiger partial charge in [0.05, 0.1) is 5.41 Å². The van der Waals surface area contributed by atoms with Crippen LogP contribution < -0.4 is 10.9 Å². The molecule has 0 spiro atoms. The fourth-order valence-electron chi connectivity index (χ4n) is 1.60. The summed E-state index contributed by atoms with van der Waals surface area (Å²) in [6.45, 7) is 5.87. The van der Waals surface area contributed by atoms with Crippen LogP contribution in [0.5, 0.6) is 0 Å². The minimum absolute atomic E-state index is 0.00543. The molecule has 3 heteroatoms. The smallest absolute Gasteiger partial charge is 0.249 e. The summed E-state index contributed by atoms with van der Waals surface area (Å²) in [5.41, 5.74) is 8.30. The summed E-state index contributed by atoms with van der Waals surface area (Å²) in [4.78, 5) is 11.5. The molecule has 0 aliphatic carbocycles. The first-order valence-corrected chi connectivity index (χ1v) is 5.35. The Morgan fingerprint density at radius 2 is 1.75 bits per heavy atom. The van der Waals surface area contributed by atoms with E-state index in [1.54, 1.807) is 0 Å². The van der Waals surface area contributed by atoms with Crippen molar-refractivity contribution in [3.05, 3.63) is 41.1 Å². The highest BCUT2D eigenvalue weighted by Gasteiger charge is 2.37. The monoisotopic (exact) mass is 216 g/mol. The summed E-state index contributed by atoms with van der Waals surface area (Å²) in [5.74, 6) is 0.00543. The lowest BCUT2D eigenvalue weighted by atomic mass is 9.89. The van der Waals surface area contributed by atoms with Gasteiger partial charge in [-0.25, -0.2) is 0 Å². The minimum atomic E-state index is -0.481. The molecule has 1 saturated heterocycles. The van der Waals surface area contributed by atoms with Gasteiger partial charge in [0.1, 0.15) is 0 Å². The number of carbonyl (C=O) groups excluding carboxylic acids is 1. The van der Waals surface area contributed by atoms with Gasteiger partial charge in [0.2, 0.25) is 5.91 Å². The zero-order valence-corrected chi connectivity index (χ0v) is 9.79. The van der Waals surface area contributed by atoms with E-state index < -0.39 is 5.41 Å². The molecule has 0 saturated carbocycles. The molecular formula is C13H16N2O. The first-order chi connectivity index (χ1) is 7.50. The predicted molar refractivity (Wildman–Crippen MR) is 64.2 cm³/mol. The van der Waals surface area contributed by atoms with Gasteiger partial charge in [0, 0.05) is 5.70 Å². The molecule has 0 atom stereocenters. The molecule has 1 fully saturated rings. The number of rotatable bonds is 1. The molecule has 16 heavy (non-hydrogen) atoms. The van der Waals surface area contributed by atoms with Crippen molar-refractivity contribution in [2.75, 3.05) is 0 Å². The molecule has 1 heterocycles. The van der Waals surface area contributed by atoms with Crippen molar-refractivity contribution in [2.24, 2.45) is 5.41 Å². The molecule has 3 nitrogen and oxygen atoms in total. The quantitative estimate of drug-likeness (QED) is 0.753. The molecule has 84 valence electrons. The summed E-state index contributed by atoms with van der Waals surface area (Å²) in [6.07, 6.45) is 2.00. The summed E-state index contributed by atoms with van der Waals surface area (Å²) in [5, 5.41) is 0. The molecule has 2 rings (SSSR count). The van der Waals surface area contributed by atoms with Crippen molar-refractivity contribution < 1.29 is 4.79 Å². The Balaban J connectivity index is 2.32. The Morgan fingerprint density at radius 1 is 1.12 bits per heavy atom. The third-order valence-corrected chi connectivity index (χ3v) is 2.94. The highest BCUT2D eigenvalue weighted by atomic mass is 16.2. The van der Waals surface area contributed by atoms with Crippen molar-refractivity contribution in [3.8, 4) is 0 Å². The zero-order valence-electron chi connectivity index (χ0n) is 9.79. The standard InChI is InChI=1S/C13H16N2O/c1-9-4-6-10(7-5-9)8-11-13(2,3)12(16)15-14-11/h4-8,14H,1-3H3,(H,15,16)/b11-8-. The maximum absolute atomic E-state index is 11.5. The van der Waals surface area contributed by atoms with Gasteiger partial charge in [-0.1, -0.05) is 29.8 Å². The normalized spacial score (nSPS) is 20.7. The van der Waals surface area contributed by atoms with E-state index in [1.165, 1.54) is 5.56 Å². The number of nitrogens with one attached hydrogen (secondary N) is 2. The van der Waals surface area contributed by atoms with E-state index in [9.17, 15) is 4.79 Å². The molecule has 0 bridgehead atoms. The summed E-state index contributed by atoms with van der Waals surface area (Å²) >= 11 is 0. The van der Waals surface area contributed by atoms with Crippen LogP contribution in [0.3, 0.4) is 0 Å². The van der Waals surface area contributed by atoms with Crippen molar-refractivity contribution >= 4 is 12.0 Å². The predicted octanol–water partition coefficient (Wildman–Crippen LogP) is 2.00. The van der Waals surface area contributed by atoms with E-state index in [4.69, 9.17) is 0 Å². The molecule has 2 N–H and O–H groups in total. The van der Waals surface area contributed by atoms with Gasteiger partial charge in [-0.3, -0.25) is 10.2 Å². The van der Waals surface area contributed by atoms with E-state index in [2.05, 4.69) is 29.9 Å². The average molecular weight is 216 g/mol. The van der Waals surface area contributed by atoms with Gasteiger partial charge < -0.3 is 5.43 Å². The van der Waals surface area contributed by atoms with Crippen LogP contribution in [0.15, 0.2) is 30.0 Å². The van der Waals surface area contributed by atoms with E-state index in [1.807, 2.05) is 32.1 Å². The summed E-state index contributed by atoms with van der Waals surface area (Å²) < 4.78 is 0. The van der Waals surface area contributed by atoms with Gasteiger partial charge >= 0.3 is 0 Å². The van der Waals surface area contributed by atoms with E-state index >= 15 is 0 Å². The molecule has 1 aliphatic heterocycles. The molecule has 0 aromatic heterocycles. The first kappa shape index (κ1) is 10.7. The first-order valence-electron chi connectivity index (χ1n) is 5.35. The molecular weight excluding hydrogens is 200 g/mol. The SMILES string of the molecule is Cc1ccc(/C=C2\NNC(=O)C2(C)C)cc1. The van der Waals surface area contributed by atoms with Gasteiger partial charge in [0.25, 0.3) is 0 Å². The van der Waals surface area contributed by atoms with Crippen LogP contribution in [-0.2, 0) is 4.79 Å². The number of aryl methyl sites for hydroxylation is 1. The number of carbonyl (C=O) groups is 1. The van der Waals surface area contributed by atoms with Crippen LogP contribution in [-0.4, -0.2) is 5.91 Å². The fourth-order valence-corrected chi connectivity index (χ4v) is 1.60. The molecule has 1 aromatic rings. The lowest BCUT2D eigenvalue weighted by Crippen LogP contribution is -2.28. The van der Waals surface area contributed by atoms with E-state index in [0.29, 0.717) is 0 Å². The second-order valence-electron chi connectivity index (χ2n) is 4.67. The Morgan fingerprint density at radius 3 is 2.25 bits per heavy atom. The highest BCUT2D eigenvalue weighted by molar-refractivity contribution is 5.89. The topological polar surface area (TPSA) is 41.1 Å². The fraction of sp³-hybridized carbons (Fsp3) is 0.308. The van der Waals surface area contributed by atoms with Gasteiger partial charge in [-0.2, -0.15) is 0 Å². The summed E-state index contributed by atoms with van der Waals surface area (Å²) in [7, 11) is 0. The molecule has 1 aromatic carbocycles. The van der Waals surface area contributed by atoms with Crippen LogP contribution in [0.2, 0.25) is 0 Å². The average Bonchev–Trinajstić information content (AvgIpc) is 2.48. The largest absolute Gasteiger partial charge is 0.302 e. The molecule has 1 aliphatic rings. The minimum Gasteiger partial charge on any atom is -0.302 e. The molecule has 0 unspecified atom stereocenters. The van der Waals surface area contributed by atoms with Gasteiger partial charge in [0.15, 0.2) is 0 Å². The third kappa shape index (κ3) is 1.81. The molecule has 1 amide bonds. The van der Waals surface area contributed by atoms with Crippen LogP contribution in [0.4, 0.5) is 0 Å². The number of amides is 1. The lowest BCUT2D eigenvalue weighted by Gasteiger charge is -2.14. The van der Waals surface area contributed by atoms with Crippen molar-refractivity contribution in [1.82, 2.24) is 10.9 Å². The Bertz CT molecular complexity index is 444. The van der Waals surface area contributed by atoms with Crippen LogP contribution >= 0.6 is 0 Å². The van der Waals surface area contributed by atoms with Crippen LogP contribution in [0.1, 0.15) is 25.0 Å². The highest BCUT2D eigenvalue weighted by Crippen LogP contribution is 2.29. The van der Waals surface area contributed by atoms with Crippen molar-refractivity contribution in [3.63, 3.8) is 0 Å². The maximum Gasteiger partial charge on any atom is 0.249 e. The van der Waals surface area contributed by atoms with Gasteiger partial charge in [-0.05, 0) is 32.4 Å². The zero-order chi connectivity index (χ0) is 11.8. The number of hydrogen-bond donors (Lipinski definition) is 2. The maximum atomic E-state index is 11.5. The van der Waals surface area contributed by atoms with Crippen molar-refractivity contribution in [2.45, 2.75) is 20.8 Å². The van der Waals surface area contributed by atoms with Crippen LogP contribution in [0.25, 0.3) is 6.08 Å². The Labute approximate surface area is 95.5 Å². The number of benzene rings is 1. The second-order valence-corrected chi connectivity index (χ2v) is 4.67. The number of hydrogen-bond acceptors (Lipinski definition) is 2.